The molecular formula is C18H14INO4. The lowest BCUT2D eigenvalue weighted by molar-refractivity contribution is 0.0482. The Balaban J connectivity index is 1.51. The molecule has 0 saturated heterocycles. The Kier molecular flexibility index (Phi) is 4.94. The maximum absolute atomic E-state index is 12.2. The molecule has 0 unspecified atom stereocenters. The summed E-state index contributed by atoms with van der Waals surface area (Å²) in [5.74, 6) is -0.993. The van der Waals surface area contributed by atoms with Crippen LogP contribution in [0.4, 0.5) is 0 Å². The SMILES string of the molecule is O=C(OCCCN1C(=O)c2ccccc2C1=O)c1ccc(I)cc1. The lowest BCUT2D eigenvalue weighted by Gasteiger charge is -2.13. The predicted molar refractivity (Wildman–Crippen MR) is 95.9 cm³/mol. The number of benzene rings is 2. The molecule has 122 valence electrons. The number of hydrogen-bond acceptors (Lipinski definition) is 4. The van der Waals surface area contributed by atoms with Gasteiger partial charge in [-0.2, -0.15) is 0 Å². The maximum atomic E-state index is 12.2. The third-order valence-electron chi connectivity index (χ3n) is 3.72. The Labute approximate surface area is 152 Å². The van der Waals surface area contributed by atoms with Crippen molar-refractivity contribution in [1.82, 2.24) is 4.90 Å². The van der Waals surface area contributed by atoms with E-state index < -0.39 is 5.97 Å². The minimum Gasteiger partial charge on any atom is -0.462 e. The van der Waals surface area contributed by atoms with Gasteiger partial charge >= 0.3 is 5.97 Å². The number of imide groups is 1. The standard InChI is InChI=1S/C18H14INO4/c19-13-8-6-12(7-9-13)18(23)24-11-3-10-20-16(21)14-4-1-2-5-15(14)17(20)22/h1-2,4-9H,3,10-11H2. The summed E-state index contributed by atoms with van der Waals surface area (Å²) in [4.78, 5) is 37.5. The van der Waals surface area contributed by atoms with Gasteiger partial charge in [0.05, 0.1) is 23.3 Å². The quantitative estimate of drug-likeness (QED) is 0.314. The molecule has 0 saturated carbocycles. The van der Waals surface area contributed by atoms with E-state index in [-0.39, 0.29) is 25.0 Å². The zero-order valence-corrected chi connectivity index (χ0v) is 14.9. The largest absolute Gasteiger partial charge is 0.462 e. The van der Waals surface area contributed by atoms with Crippen molar-refractivity contribution in [3.63, 3.8) is 0 Å². The van der Waals surface area contributed by atoms with E-state index in [9.17, 15) is 14.4 Å². The van der Waals surface area contributed by atoms with E-state index in [1.54, 1.807) is 36.4 Å². The highest BCUT2D eigenvalue weighted by Crippen LogP contribution is 2.22. The summed E-state index contributed by atoms with van der Waals surface area (Å²) in [5, 5.41) is 0. The van der Waals surface area contributed by atoms with Crippen LogP contribution in [0.25, 0.3) is 0 Å². The molecular weight excluding hydrogens is 421 g/mol. The van der Waals surface area contributed by atoms with Crippen molar-refractivity contribution in [3.8, 4) is 0 Å². The van der Waals surface area contributed by atoms with E-state index in [0.717, 1.165) is 3.57 Å². The fourth-order valence-corrected chi connectivity index (χ4v) is 2.86. The Morgan fingerprint density at radius 2 is 1.54 bits per heavy atom. The molecule has 2 aromatic rings. The van der Waals surface area contributed by atoms with Crippen LogP contribution in [0.5, 0.6) is 0 Å². The van der Waals surface area contributed by atoms with E-state index in [4.69, 9.17) is 4.74 Å². The number of amides is 2. The van der Waals surface area contributed by atoms with Crippen LogP contribution < -0.4 is 0 Å². The summed E-state index contributed by atoms with van der Waals surface area (Å²) in [6, 6.07) is 13.8. The maximum Gasteiger partial charge on any atom is 0.338 e. The van der Waals surface area contributed by atoms with Crippen molar-refractivity contribution in [2.24, 2.45) is 0 Å². The third kappa shape index (κ3) is 3.33. The number of fused-ring (bicyclic) bond motifs is 1. The molecule has 0 fully saturated rings. The summed E-state index contributed by atoms with van der Waals surface area (Å²) in [7, 11) is 0. The molecule has 2 aromatic carbocycles. The lowest BCUT2D eigenvalue weighted by Crippen LogP contribution is -2.31. The Morgan fingerprint density at radius 3 is 2.12 bits per heavy atom. The van der Waals surface area contributed by atoms with Gasteiger partial charge in [0.15, 0.2) is 0 Å². The smallest absolute Gasteiger partial charge is 0.338 e. The van der Waals surface area contributed by atoms with Crippen LogP contribution in [-0.2, 0) is 4.74 Å². The van der Waals surface area contributed by atoms with Crippen molar-refractivity contribution in [1.29, 1.82) is 0 Å². The number of rotatable bonds is 5. The molecule has 0 bridgehead atoms. The second-order valence-electron chi connectivity index (χ2n) is 5.30. The van der Waals surface area contributed by atoms with Gasteiger partial charge in [0.2, 0.25) is 0 Å². The van der Waals surface area contributed by atoms with Gasteiger partial charge in [-0.25, -0.2) is 4.79 Å². The summed E-state index contributed by atoms with van der Waals surface area (Å²) >= 11 is 2.16. The first kappa shape index (κ1) is 16.6. The van der Waals surface area contributed by atoms with E-state index in [1.165, 1.54) is 4.90 Å². The highest BCUT2D eigenvalue weighted by Gasteiger charge is 2.34. The van der Waals surface area contributed by atoms with E-state index in [1.807, 2.05) is 12.1 Å². The first-order valence-electron chi connectivity index (χ1n) is 7.46. The van der Waals surface area contributed by atoms with E-state index >= 15 is 0 Å². The zero-order chi connectivity index (χ0) is 17.1. The topological polar surface area (TPSA) is 63.7 Å². The first-order valence-corrected chi connectivity index (χ1v) is 8.54. The van der Waals surface area contributed by atoms with Crippen molar-refractivity contribution < 1.29 is 19.1 Å². The van der Waals surface area contributed by atoms with Crippen LogP contribution in [0.3, 0.4) is 0 Å². The molecule has 6 heteroatoms. The molecule has 5 nitrogen and oxygen atoms in total. The second-order valence-corrected chi connectivity index (χ2v) is 6.55. The van der Waals surface area contributed by atoms with Crippen molar-refractivity contribution in [2.75, 3.05) is 13.2 Å². The molecule has 0 aromatic heterocycles. The van der Waals surface area contributed by atoms with Crippen LogP contribution in [0.15, 0.2) is 48.5 Å². The number of carbonyl (C=O) groups excluding carboxylic acids is 3. The normalized spacial score (nSPS) is 13.1. The zero-order valence-electron chi connectivity index (χ0n) is 12.7. The molecule has 24 heavy (non-hydrogen) atoms. The summed E-state index contributed by atoms with van der Waals surface area (Å²) < 4.78 is 6.22. The van der Waals surface area contributed by atoms with E-state index in [0.29, 0.717) is 23.1 Å². The van der Waals surface area contributed by atoms with Crippen LogP contribution in [0, 0.1) is 3.57 Å². The van der Waals surface area contributed by atoms with Crippen LogP contribution in [-0.4, -0.2) is 35.8 Å². The van der Waals surface area contributed by atoms with E-state index in [2.05, 4.69) is 22.6 Å². The Hall–Kier alpha value is -2.22. The molecule has 0 N–H and O–H groups in total. The van der Waals surface area contributed by atoms with Gasteiger partial charge in [-0.1, -0.05) is 12.1 Å². The number of carbonyl (C=O) groups is 3. The number of ether oxygens (including phenoxy) is 1. The number of esters is 1. The number of nitrogens with zero attached hydrogens (tertiary/aromatic N) is 1. The highest BCUT2D eigenvalue weighted by atomic mass is 127. The molecule has 1 aliphatic rings. The summed E-state index contributed by atoms with van der Waals surface area (Å²) in [6.07, 6.45) is 0.404. The van der Waals surface area contributed by atoms with Gasteiger partial charge in [0, 0.05) is 10.1 Å². The summed E-state index contributed by atoms with van der Waals surface area (Å²) in [5.41, 5.74) is 1.34. The Morgan fingerprint density at radius 1 is 0.958 bits per heavy atom. The van der Waals surface area contributed by atoms with Crippen LogP contribution >= 0.6 is 22.6 Å². The van der Waals surface area contributed by atoms with Gasteiger partial charge in [-0.05, 0) is 65.4 Å². The van der Waals surface area contributed by atoms with Gasteiger partial charge in [0.25, 0.3) is 11.8 Å². The molecule has 0 atom stereocenters. The lowest BCUT2D eigenvalue weighted by atomic mass is 10.1. The fraction of sp³-hybridized carbons (Fsp3) is 0.167. The molecule has 1 heterocycles. The molecule has 3 rings (SSSR count). The van der Waals surface area contributed by atoms with Crippen LogP contribution in [0.1, 0.15) is 37.5 Å². The number of hydrogen-bond donors (Lipinski definition) is 0. The minimum atomic E-state index is -0.409. The van der Waals surface area contributed by atoms with Crippen molar-refractivity contribution in [2.45, 2.75) is 6.42 Å². The molecule has 2 amide bonds. The average molecular weight is 435 g/mol. The van der Waals surface area contributed by atoms with Gasteiger partial charge in [-0.15, -0.1) is 0 Å². The highest BCUT2D eigenvalue weighted by molar-refractivity contribution is 14.1. The van der Waals surface area contributed by atoms with Crippen LogP contribution in [0.2, 0.25) is 0 Å². The fourth-order valence-electron chi connectivity index (χ4n) is 2.50. The minimum absolute atomic E-state index is 0.151. The van der Waals surface area contributed by atoms with Gasteiger partial charge in [-0.3, -0.25) is 14.5 Å². The average Bonchev–Trinajstić information content (AvgIpc) is 2.84. The van der Waals surface area contributed by atoms with Crippen molar-refractivity contribution in [3.05, 3.63) is 68.8 Å². The Bertz CT molecular complexity index is 766. The van der Waals surface area contributed by atoms with Crippen molar-refractivity contribution >= 4 is 40.4 Å². The van der Waals surface area contributed by atoms with Gasteiger partial charge < -0.3 is 4.74 Å². The molecule has 1 aliphatic heterocycles. The second kappa shape index (κ2) is 7.12. The third-order valence-corrected chi connectivity index (χ3v) is 4.44. The summed E-state index contributed by atoms with van der Waals surface area (Å²) in [6.45, 7) is 0.380. The number of halogens is 1. The van der Waals surface area contributed by atoms with Gasteiger partial charge in [0.1, 0.15) is 0 Å². The predicted octanol–water partition coefficient (Wildman–Crippen LogP) is 3.13. The monoisotopic (exact) mass is 435 g/mol. The first-order chi connectivity index (χ1) is 11.6. The molecule has 0 radical (unpaired) electrons. The molecule has 0 spiro atoms. The molecule has 0 aliphatic carbocycles.